The molecular weight excluding hydrogens is 374 g/mol. The number of benzene rings is 1. The molecule has 2 heterocycles. The van der Waals surface area contributed by atoms with Crippen molar-refractivity contribution in [1.82, 2.24) is 18.9 Å². The van der Waals surface area contributed by atoms with Crippen molar-refractivity contribution < 1.29 is 4.92 Å². The molecule has 0 aliphatic rings. The zero-order valence-electron chi connectivity index (χ0n) is 16.6. The monoisotopic (exact) mass is 397 g/mol. The molecule has 0 saturated carbocycles. The summed E-state index contributed by atoms with van der Waals surface area (Å²) in [6, 6.07) is 9.37. The molecule has 2 aromatic heterocycles. The summed E-state index contributed by atoms with van der Waals surface area (Å²) in [5.74, 6) is 0.0443. The van der Waals surface area contributed by atoms with Crippen molar-refractivity contribution in [2.45, 2.75) is 33.4 Å². The van der Waals surface area contributed by atoms with E-state index in [0.717, 1.165) is 10.1 Å². The Balaban J connectivity index is 2.23. The Morgan fingerprint density at radius 3 is 2.38 bits per heavy atom. The number of hydrogen-bond donors (Lipinski definition) is 0. The topological polar surface area (TPSA) is 105 Å². The Hall–Kier alpha value is -3.49. The van der Waals surface area contributed by atoms with Gasteiger partial charge in [-0.05, 0) is 17.9 Å². The van der Waals surface area contributed by atoms with E-state index >= 15 is 0 Å². The van der Waals surface area contributed by atoms with E-state index < -0.39 is 21.9 Å². The van der Waals surface area contributed by atoms with E-state index in [1.165, 1.54) is 15.4 Å². The van der Waals surface area contributed by atoms with E-state index in [4.69, 9.17) is 0 Å². The highest BCUT2D eigenvalue weighted by atomic mass is 16.6. The fourth-order valence-electron chi connectivity index (χ4n) is 3.30. The largest absolute Gasteiger partial charge is 0.358 e. The maximum absolute atomic E-state index is 13.2. The first-order chi connectivity index (χ1) is 13.8. The SMILES string of the molecule is CC(C)Cn1c(-c2cnn(C)c2)c([N+](=O)[O-])c(=O)n(CCc2ccccc2)c1=O. The quantitative estimate of drug-likeness (QED) is 0.449. The van der Waals surface area contributed by atoms with Crippen LogP contribution in [-0.4, -0.2) is 23.8 Å². The van der Waals surface area contributed by atoms with Crippen molar-refractivity contribution in [3.63, 3.8) is 0 Å². The second-order valence-corrected chi connectivity index (χ2v) is 7.34. The van der Waals surface area contributed by atoms with Gasteiger partial charge in [-0.2, -0.15) is 5.10 Å². The Kier molecular flexibility index (Phi) is 5.76. The highest BCUT2D eigenvalue weighted by Crippen LogP contribution is 2.26. The summed E-state index contributed by atoms with van der Waals surface area (Å²) in [6.45, 7) is 4.12. The van der Waals surface area contributed by atoms with Crippen LogP contribution in [-0.2, 0) is 26.6 Å². The molecule has 0 spiro atoms. The fourth-order valence-corrected chi connectivity index (χ4v) is 3.30. The van der Waals surface area contributed by atoms with Gasteiger partial charge in [-0.15, -0.1) is 0 Å². The van der Waals surface area contributed by atoms with E-state index in [9.17, 15) is 19.7 Å². The number of rotatable bonds is 7. The van der Waals surface area contributed by atoms with Crippen LogP contribution in [0.3, 0.4) is 0 Å². The van der Waals surface area contributed by atoms with E-state index in [1.54, 1.807) is 13.2 Å². The van der Waals surface area contributed by atoms with E-state index in [2.05, 4.69) is 5.10 Å². The van der Waals surface area contributed by atoms with Gasteiger partial charge in [-0.25, -0.2) is 4.79 Å². The van der Waals surface area contributed by atoms with Crippen LogP contribution < -0.4 is 11.2 Å². The third kappa shape index (κ3) is 4.18. The van der Waals surface area contributed by atoms with Crippen LogP contribution in [0.5, 0.6) is 0 Å². The first-order valence-corrected chi connectivity index (χ1v) is 9.34. The van der Waals surface area contributed by atoms with Crippen LogP contribution >= 0.6 is 0 Å². The molecule has 0 bridgehead atoms. The van der Waals surface area contributed by atoms with Gasteiger partial charge in [-0.3, -0.25) is 28.7 Å². The summed E-state index contributed by atoms with van der Waals surface area (Å²) < 4.78 is 3.77. The maximum Gasteiger partial charge on any atom is 0.358 e. The molecule has 0 N–H and O–H groups in total. The molecule has 9 nitrogen and oxygen atoms in total. The van der Waals surface area contributed by atoms with Crippen molar-refractivity contribution in [2.75, 3.05) is 0 Å². The van der Waals surface area contributed by atoms with Gasteiger partial charge in [0.25, 0.3) is 0 Å². The zero-order chi connectivity index (χ0) is 21.1. The van der Waals surface area contributed by atoms with Crippen LogP contribution in [0.2, 0.25) is 0 Å². The summed E-state index contributed by atoms with van der Waals surface area (Å²) >= 11 is 0. The van der Waals surface area contributed by atoms with Crippen molar-refractivity contribution >= 4 is 5.69 Å². The number of aryl methyl sites for hydroxylation is 2. The molecule has 0 aliphatic heterocycles. The number of aromatic nitrogens is 4. The van der Waals surface area contributed by atoms with Gasteiger partial charge in [0.05, 0.1) is 11.1 Å². The lowest BCUT2D eigenvalue weighted by Gasteiger charge is -2.16. The first kappa shape index (κ1) is 20.2. The third-order valence-electron chi connectivity index (χ3n) is 4.58. The molecule has 0 atom stereocenters. The van der Waals surface area contributed by atoms with E-state index in [-0.39, 0.29) is 24.7 Å². The molecule has 152 valence electrons. The van der Waals surface area contributed by atoms with Gasteiger partial charge >= 0.3 is 16.9 Å². The smallest absolute Gasteiger partial charge is 0.287 e. The Morgan fingerprint density at radius 1 is 1.14 bits per heavy atom. The maximum atomic E-state index is 13.2. The summed E-state index contributed by atoms with van der Waals surface area (Å²) in [7, 11) is 1.67. The molecule has 0 aliphatic carbocycles. The summed E-state index contributed by atoms with van der Waals surface area (Å²) in [5, 5.41) is 15.9. The molecule has 3 aromatic rings. The molecule has 0 fully saturated rings. The lowest BCUT2D eigenvalue weighted by atomic mass is 10.1. The molecule has 0 amide bonds. The molecule has 29 heavy (non-hydrogen) atoms. The molecule has 9 heteroatoms. The lowest BCUT2D eigenvalue weighted by molar-refractivity contribution is -0.386. The third-order valence-corrected chi connectivity index (χ3v) is 4.58. The summed E-state index contributed by atoms with van der Waals surface area (Å²) in [4.78, 5) is 37.3. The van der Waals surface area contributed by atoms with E-state index in [0.29, 0.717) is 12.0 Å². The Morgan fingerprint density at radius 2 is 1.83 bits per heavy atom. The molecular formula is C20H23N5O4. The Bertz CT molecular complexity index is 1140. The second-order valence-electron chi connectivity index (χ2n) is 7.34. The fraction of sp³-hybridized carbons (Fsp3) is 0.350. The van der Waals surface area contributed by atoms with Gasteiger partial charge in [0, 0.05) is 31.9 Å². The van der Waals surface area contributed by atoms with Crippen LogP contribution in [0, 0.1) is 16.0 Å². The standard InChI is InChI=1S/C20H23N5O4/c1-14(2)12-24-17(16-11-21-22(3)13-16)18(25(28)29)19(26)23(20(24)27)10-9-15-7-5-4-6-8-15/h4-8,11,13-14H,9-10,12H2,1-3H3. The van der Waals surface area contributed by atoms with Crippen LogP contribution in [0.4, 0.5) is 5.69 Å². The van der Waals surface area contributed by atoms with Gasteiger partial charge in [0.1, 0.15) is 5.69 Å². The molecule has 0 saturated heterocycles. The van der Waals surface area contributed by atoms with Crippen molar-refractivity contribution in [2.24, 2.45) is 13.0 Å². The number of nitrogens with zero attached hydrogens (tertiary/aromatic N) is 5. The predicted molar refractivity (Wildman–Crippen MR) is 109 cm³/mol. The Labute approximate surface area is 167 Å². The van der Waals surface area contributed by atoms with Gasteiger partial charge in [0.2, 0.25) is 0 Å². The number of nitro groups is 1. The van der Waals surface area contributed by atoms with Crippen LogP contribution in [0.25, 0.3) is 11.3 Å². The predicted octanol–water partition coefficient (Wildman–Crippen LogP) is 2.22. The highest BCUT2D eigenvalue weighted by Gasteiger charge is 2.29. The van der Waals surface area contributed by atoms with Crippen molar-refractivity contribution in [3.8, 4) is 11.3 Å². The minimum absolute atomic E-state index is 0.00256. The normalized spacial score (nSPS) is 11.2. The van der Waals surface area contributed by atoms with E-state index in [1.807, 2.05) is 44.2 Å². The van der Waals surface area contributed by atoms with Gasteiger partial charge in [0.15, 0.2) is 0 Å². The van der Waals surface area contributed by atoms with Gasteiger partial charge < -0.3 is 0 Å². The minimum Gasteiger partial charge on any atom is -0.287 e. The minimum atomic E-state index is -0.894. The average molecular weight is 397 g/mol. The zero-order valence-corrected chi connectivity index (χ0v) is 16.6. The number of hydrogen-bond acceptors (Lipinski definition) is 5. The molecule has 3 rings (SSSR count). The van der Waals surface area contributed by atoms with Gasteiger partial charge in [-0.1, -0.05) is 44.2 Å². The molecule has 0 unspecified atom stereocenters. The first-order valence-electron chi connectivity index (χ1n) is 9.34. The van der Waals surface area contributed by atoms with Crippen LogP contribution in [0.15, 0.2) is 52.3 Å². The van der Waals surface area contributed by atoms with Crippen molar-refractivity contribution in [1.29, 1.82) is 0 Å². The second kappa shape index (κ2) is 8.26. The average Bonchev–Trinajstić information content (AvgIpc) is 3.09. The summed E-state index contributed by atoms with van der Waals surface area (Å²) in [6.07, 6.45) is 3.40. The lowest BCUT2D eigenvalue weighted by Crippen LogP contribution is -2.42. The highest BCUT2D eigenvalue weighted by molar-refractivity contribution is 5.68. The summed E-state index contributed by atoms with van der Waals surface area (Å²) in [5.41, 5.74) is -0.745. The molecule has 1 aromatic carbocycles. The molecule has 0 radical (unpaired) electrons. The van der Waals surface area contributed by atoms with Crippen molar-refractivity contribution in [3.05, 3.63) is 79.2 Å². The van der Waals surface area contributed by atoms with Crippen LogP contribution in [0.1, 0.15) is 19.4 Å².